The minimum Gasteiger partial charge on any atom is -0.449 e. The van der Waals surface area contributed by atoms with Crippen molar-refractivity contribution in [2.45, 2.75) is 19.8 Å². The highest BCUT2D eigenvalue weighted by Crippen LogP contribution is 2.36. The molecule has 0 bridgehead atoms. The number of carbonyl (C=O) groups is 1. The second-order valence-corrected chi connectivity index (χ2v) is 6.28. The molecule has 0 atom stereocenters. The molecule has 140 valence electrons. The van der Waals surface area contributed by atoms with Gasteiger partial charge in [0.25, 0.3) is 0 Å². The summed E-state index contributed by atoms with van der Waals surface area (Å²) >= 11 is 6.11. The molecular formula is C20H17ClF2N2O2. The van der Waals surface area contributed by atoms with E-state index in [-0.39, 0.29) is 23.0 Å². The maximum absolute atomic E-state index is 15.0. The summed E-state index contributed by atoms with van der Waals surface area (Å²) in [7, 11) is 0. The smallest absolute Gasteiger partial charge is 0.411 e. The third kappa shape index (κ3) is 4.01. The number of hydrogen-bond acceptors (Lipinski definition) is 3. The average molecular weight is 391 g/mol. The van der Waals surface area contributed by atoms with Crippen molar-refractivity contribution in [3.8, 4) is 11.3 Å². The minimum absolute atomic E-state index is 0.0422. The lowest BCUT2D eigenvalue weighted by molar-refractivity contribution is 0.160. The van der Waals surface area contributed by atoms with E-state index in [9.17, 15) is 13.6 Å². The first-order chi connectivity index (χ1) is 13.0. The second-order valence-electron chi connectivity index (χ2n) is 5.90. The number of pyridine rings is 1. The van der Waals surface area contributed by atoms with Crippen LogP contribution in [0.4, 0.5) is 19.3 Å². The zero-order valence-corrected chi connectivity index (χ0v) is 15.3. The Balaban J connectivity index is 2.01. The monoisotopic (exact) mass is 390 g/mol. The maximum atomic E-state index is 15.0. The molecule has 0 fully saturated rings. The van der Waals surface area contributed by atoms with Gasteiger partial charge in [-0.3, -0.25) is 10.3 Å². The van der Waals surface area contributed by atoms with E-state index < -0.39 is 17.7 Å². The van der Waals surface area contributed by atoms with Crippen LogP contribution in [0.1, 0.15) is 19.8 Å². The van der Waals surface area contributed by atoms with E-state index in [1.807, 2.05) is 6.92 Å². The Morgan fingerprint density at radius 1 is 1.22 bits per heavy atom. The first kappa shape index (κ1) is 19.0. The molecule has 0 saturated heterocycles. The number of ether oxygens (including phenoxy) is 1. The maximum Gasteiger partial charge on any atom is 0.411 e. The van der Waals surface area contributed by atoms with Crippen LogP contribution in [-0.4, -0.2) is 17.7 Å². The minimum atomic E-state index is -0.752. The van der Waals surface area contributed by atoms with Crippen LogP contribution in [0.5, 0.6) is 0 Å². The molecule has 0 unspecified atom stereocenters. The average Bonchev–Trinajstić information content (AvgIpc) is 2.66. The number of carbonyl (C=O) groups excluding carboxylic acids is 1. The van der Waals surface area contributed by atoms with E-state index in [1.54, 1.807) is 24.3 Å². The van der Waals surface area contributed by atoms with Gasteiger partial charge in [-0.25, -0.2) is 13.6 Å². The van der Waals surface area contributed by atoms with Crippen LogP contribution >= 0.6 is 11.6 Å². The predicted octanol–water partition coefficient (Wildman–Crippen LogP) is 6.18. The Labute approximate surface area is 160 Å². The van der Waals surface area contributed by atoms with Crippen LogP contribution in [0.15, 0.2) is 42.6 Å². The molecular weight excluding hydrogens is 374 g/mol. The summed E-state index contributed by atoms with van der Waals surface area (Å²) in [6.07, 6.45) is 2.20. The number of anilines is 1. The summed E-state index contributed by atoms with van der Waals surface area (Å²) < 4.78 is 33.9. The fourth-order valence-corrected chi connectivity index (χ4v) is 2.96. The summed E-state index contributed by atoms with van der Waals surface area (Å²) in [5.41, 5.74) is 0.211. The van der Waals surface area contributed by atoms with Gasteiger partial charge in [-0.05, 0) is 23.9 Å². The molecule has 0 saturated carbocycles. The molecule has 0 aliphatic carbocycles. The summed E-state index contributed by atoms with van der Waals surface area (Å²) in [4.78, 5) is 15.9. The molecule has 1 heterocycles. The van der Waals surface area contributed by atoms with Crippen molar-refractivity contribution in [1.82, 2.24) is 4.98 Å². The van der Waals surface area contributed by atoms with Gasteiger partial charge in [-0.15, -0.1) is 0 Å². The van der Waals surface area contributed by atoms with Crippen LogP contribution in [0.3, 0.4) is 0 Å². The number of benzene rings is 2. The third-order valence-electron chi connectivity index (χ3n) is 4.05. The first-order valence-corrected chi connectivity index (χ1v) is 8.86. The molecule has 0 radical (unpaired) electrons. The van der Waals surface area contributed by atoms with Gasteiger partial charge in [-0.2, -0.15) is 0 Å². The van der Waals surface area contributed by atoms with Crippen LogP contribution in [-0.2, 0) is 4.74 Å². The number of nitrogens with zero attached hydrogens (tertiary/aromatic N) is 1. The van der Waals surface area contributed by atoms with Crippen molar-refractivity contribution in [3.63, 3.8) is 0 Å². The number of rotatable bonds is 5. The summed E-state index contributed by atoms with van der Waals surface area (Å²) in [6, 6.07) is 9.19. The second kappa shape index (κ2) is 8.31. The lowest BCUT2D eigenvalue weighted by Gasteiger charge is -2.12. The molecule has 2 aromatic carbocycles. The number of halogens is 3. The number of nitrogens with one attached hydrogen (secondary N) is 1. The van der Waals surface area contributed by atoms with E-state index >= 15 is 0 Å². The van der Waals surface area contributed by atoms with Gasteiger partial charge in [0, 0.05) is 17.1 Å². The molecule has 1 N–H and O–H groups in total. The van der Waals surface area contributed by atoms with Crippen molar-refractivity contribution in [2.24, 2.45) is 0 Å². The molecule has 0 spiro atoms. The van der Waals surface area contributed by atoms with Crippen molar-refractivity contribution >= 4 is 34.2 Å². The van der Waals surface area contributed by atoms with E-state index in [4.69, 9.17) is 16.3 Å². The predicted molar refractivity (Wildman–Crippen MR) is 102 cm³/mol. The van der Waals surface area contributed by atoms with Crippen LogP contribution in [0.2, 0.25) is 5.02 Å². The Kier molecular flexibility index (Phi) is 5.86. The Hall–Kier alpha value is -2.73. The Morgan fingerprint density at radius 3 is 2.81 bits per heavy atom. The first-order valence-electron chi connectivity index (χ1n) is 8.48. The fourth-order valence-electron chi connectivity index (χ4n) is 2.69. The number of amides is 1. The molecule has 0 aliphatic heterocycles. The molecule has 1 aromatic heterocycles. The number of hydrogen-bond donors (Lipinski definition) is 1. The van der Waals surface area contributed by atoms with E-state index in [1.165, 1.54) is 18.3 Å². The van der Waals surface area contributed by atoms with Gasteiger partial charge in [0.2, 0.25) is 0 Å². The lowest BCUT2D eigenvalue weighted by Crippen LogP contribution is -2.15. The van der Waals surface area contributed by atoms with E-state index in [0.717, 1.165) is 12.8 Å². The SMILES string of the molecule is CCCCOC(=O)Nc1ccnc(-c2cccc3ccc(F)c(Cl)c23)c1F. The van der Waals surface area contributed by atoms with Gasteiger partial charge in [0.1, 0.15) is 11.5 Å². The summed E-state index contributed by atoms with van der Waals surface area (Å²) in [5, 5.41) is 3.27. The Bertz CT molecular complexity index is 995. The van der Waals surface area contributed by atoms with E-state index in [0.29, 0.717) is 16.3 Å². The summed E-state index contributed by atoms with van der Waals surface area (Å²) in [6.45, 7) is 2.22. The van der Waals surface area contributed by atoms with Gasteiger partial charge in [0.05, 0.1) is 17.3 Å². The molecule has 27 heavy (non-hydrogen) atoms. The van der Waals surface area contributed by atoms with E-state index in [2.05, 4.69) is 10.3 Å². The summed E-state index contributed by atoms with van der Waals surface area (Å²) in [5.74, 6) is -1.36. The molecule has 4 nitrogen and oxygen atoms in total. The highest BCUT2D eigenvalue weighted by atomic mass is 35.5. The lowest BCUT2D eigenvalue weighted by atomic mass is 10.0. The Morgan fingerprint density at radius 2 is 2.04 bits per heavy atom. The zero-order valence-electron chi connectivity index (χ0n) is 14.6. The van der Waals surface area contributed by atoms with Gasteiger partial charge >= 0.3 is 6.09 Å². The van der Waals surface area contributed by atoms with Crippen molar-refractivity contribution in [1.29, 1.82) is 0 Å². The van der Waals surface area contributed by atoms with Crippen molar-refractivity contribution < 1.29 is 18.3 Å². The van der Waals surface area contributed by atoms with Crippen molar-refractivity contribution in [2.75, 3.05) is 11.9 Å². The number of unbranched alkanes of at least 4 members (excludes halogenated alkanes) is 1. The van der Waals surface area contributed by atoms with Crippen LogP contribution < -0.4 is 5.32 Å². The highest BCUT2D eigenvalue weighted by Gasteiger charge is 2.18. The molecule has 3 aromatic rings. The topological polar surface area (TPSA) is 51.2 Å². The van der Waals surface area contributed by atoms with Crippen LogP contribution in [0.25, 0.3) is 22.0 Å². The molecule has 3 rings (SSSR count). The van der Waals surface area contributed by atoms with Gasteiger partial charge in [-0.1, -0.05) is 49.2 Å². The standard InChI is InChI=1S/C20H17ClF2N2O2/c1-2-3-11-27-20(26)25-15-9-10-24-19(18(15)23)13-6-4-5-12-7-8-14(22)17(21)16(12)13/h4-10H,2-3,11H2,1H3,(H,24,25,26). The van der Waals surface area contributed by atoms with Crippen molar-refractivity contribution in [3.05, 3.63) is 59.3 Å². The third-order valence-corrected chi connectivity index (χ3v) is 4.42. The van der Waals surface area contributed by atoms with Gasteiger partial charge < -0.3 is 4.74 Å². The van der Waals surface area contributed by atoms with Crippen LogP contribution in [0, 0.1) is 11.6 Å². The molecule has 0 aliphatic rings. The normalized spacial score (nSPS) is 10.8. The highest BCUT2D eigenvalue weighted by molar-refractivity contribution is 6.36. The number of aromatic nitrogens is 1. The molecule has 7 heteroatoms. The largest absolute Gasteiger partial charge is 0.449 e. The zero-order chi connectivity index (χ0) is 19.4. The number of fused-ring (bicyclic) bond motifs is 1. The quantitative estimate of drug-likeness (QED) is 0.529. The fraction of sp³-hybridized carbons (Fsp3) is 0.200. The molecule has 1 amide bonds. The van der Waals surface area contributed by atoms with Gasteiger partial charge in [0.15, 0.2) is 5.82 Å².